The zero-order chi connectivity index (χ0) is 34.2. The van der Waals surface area contributed by atoms with Crippen LogP contribution in [0.25, 0.3) is 88.6 Å². The van der Waals surface area contributed by atoms with Crippen LogP contribution in [-0.2, 0) is 0 Å². The summed E-state index contributed by atoms with van der Waals surface area (Å²) in [6.45, 7) is 0. The summed E-state index contributed by atoms with van der Waals surface area (Å²) in [5, 5.41) is 7.36. The molecule has 0 amide bonds. The standard InChI is InChI=1S/C49H30N2O/c1-4-11-31(12-5-1)33-19-24-39(25-20-33)51(38-17-8-3-9-18-38)43-28-23-36-30-42-46-41(27-22-34-21-26-40(43)44(36)45(34)46)47-48(42)52-49(50-47)37-16-10-15-35(29-37)32-13-6-2-7-14-32/h1-30H. The minimum Gasteiger partial charge on any atom is -0.435 e. The fourth-order valence-corrected chi connectivity index (χ4v) is 8.18. The van der Waals surface area contributed by atoms with Crippen LogP contribution in [0.4, 0.5) is 17.1 Å². The summed E-state index contributed by atoms with van der Waals surface area (Å²) in [6.07, 6.45) is 0. The largest absolute Gasteiger partial charge is 0.435 e. The van der Waals surface area contributed by atoms with Crippen molar-refractivity contribution >= 4 is 49.4 Å². The van der Waals surface area contributed by atoms with E-state index >= 15 is 0 Å². The molecule has 52 heavy (non-hydrogen) atoms. The quantitative estimate of drug-likeness (QED) is 0.166. The zero-order valence-electron chi connectivity index (χ0n) is 28.1. The number of hydrogen-bond acceptors (Lipinski definition) is 3. The Labute approximate surface area is 301 Å². The van der Waals surface area contributed by atoms with Crippen LogP contribution in [-0.4, -0.2) is 4.98 Å². The maximum atomic E-state index is 6.69. The second-order valence-corrected chi connectivity index (χ2v) is 13.5. The second-order valence-electron chi connectivity index (χ2n) is 13.5. The fraction of sp³-hybridized carbons (Fsp3) is 0. The number of aromatic nitrogens is 1. The van der Waals surface area contributed by atoms with E-state index in [0.29, 0.717) is 5.89 Å². The predicted molar refractivity (Wildman–Crippen MR) is 216 cm³/mol. The van der Waals surface area contributed by atoms with E-state index in [1.54, 1.807) is 0 Å². The molecule has 3 heteroatoms. The van der Waals surface area contributed by atoms with E-state index in [1.807, 2.05) is 6.07 Å². The molecule has 0 N–H and O–H groups in total. The maximum absolute atomic E-state index is 6.69. The van der Waals surface area contributed by atoms with Gasteiger partial charge in [0.1, 0.15) is 5.69 Å². The highest BCUT2D eigenvalue weighted by Crippen LogP contribution is 2.54. The molecule has 0 aliphatic heterocycles. The van der Waals surface area contributed by atoms with Crippen molar-refractivity contribution in [3.05, 3.63) is 182 Å². The first-order valence-electron chi connectivity index (χ1n) is 17.7. The third-order valence-corrected chi connectivity index (χ3v) is 10.6. The van der Waals surface area contributed by atoms with E-state index in [-0.39, 0.29) is 0 Å². The molecule has 0 bridgehead atoms. The van der Waals surface area contributed by atoms with Gasteiger partial charge in [-0.05, 0) is 92.3 Å². The molecule has 0 saturated carbocycles. The Hall–Kier alpha value is -6.97. The number of anilines is 3. The van der Waals surface area contributed by atoms with Crippen molar-refractivity contribution in [1.82, 2.24) is 4.98 Å². The molecule has 0 spiro atoms. The number of benzene rings is 9. The summed E-state index contributed by atoms with van der Waals surface area (Å²) in [5.74, 6) is 1.49. The smallest absolute Gasteiger partial charge is 0.227 e. The minimum absolute atomic E-state index is 0.644. The van der Waals surface area contributed by atoms with Crippen molar-refractivity contribution < 1.29 is 4.42 Å². The van der Waals surface area contributed by atoms with E-state index in [9.17, 15) is 0 Å². The molecule has 1 aliphatic carbocycles. The summed E-state index contributed by atoms with van der Waals surface area (Å²) in [4.78, 5) is 7.54. The molecular weight excluding hydrogens is 633 g/mol. The van der Waals surface area contributed by atoms with Crippen molar-refractivity contribution in [2.24, 2.45) is 0 Å². The van der Waals surface area contributed by atoms with Crippen LogP contribution in [0, 0.1) is 0 Å². The van der Waals surface area contributed by atoms with Gasteiger partial charge in [-0.1, -0.05) is 133 Å². The number of rotatable bonds is 6. The van der Waals surface area contributed by atoms with Gasteiger partial charge in [-0.25, -0.2) is 4.98 Å². The number of nitrogens with zero attached hydrogens (tertiary/aromatic N) is 2. The van der Waals surface area contributed by atoms with E-state index in [2.05, 4.69) is 181 Å². The molecule has 242 valence electrons. The van der Waals surface area contributed by atoms with Crippen LogP contribution in [0.2, 0.25) is 0 Å². The lowest BCUT2D eigenvalue weighted by Crippen LogP contribution is -2.10. The van der Waals surface area contributed by atoms with E-state index in [4.69, 9.17) is 9.40 Å². The van der Waals surface area contributed by atoms with E-state index < -0.39 is 0 Å². The molecule has 0 unspecified atom stereocenters. The molecule has 9 aromatic carbocycles. The lowest BCUT2D eigenvalue weighted by molar-refractivity contribution is 0.590. The number of oxazole rings is 1. The average molecular weight is 663 g/mol. The number of fused-ring (bicyclic) bond motifs is 3. The van der Waals surface area contributed by atoms with Gasteiger partial charge in [-0.3, -0.25) is 0 Å². The molecule has 0 radical (unpaired) electrons. The predicted octanol–water partition coefficient (Wildman–Crippen LogP) is 13.7. The Morgan fingerprint density at radius 1 is 0.404 bits per heavy atom. The summed E-state index contributed by atoms with van der Waals surface area (Å²) in [7, 11) is 0. The third kappa shape index (κ3) is 4.36. The van der Waals surface area contributed by atoms with E-state index in [1.165, 1.54) is 49.0 Å². The highest BCUT2D eigenvalue weighted by molar-refractivity contribution is 6.32. The van der Waals surface area contributed by atoms with E-state index in [0.717, 1.165) is 50.8 Å². The van der Waals surface area contributed by atoms with Crippen molar-refractivity contribution in [1.29, 1.82) is 0 Å². The van der Waals surface area contributed by atoms with Gasteiger partial charge < -0.3 is 9.32 Å². The highest BCUT2D eigenvalue weighted by atomic mass is 16.4. The fourth-order valence-electron chi connectivity index (χ4n) is 8.18. The minimum atomic E-state index is 0.644. The van der Waals surface area contributed by atoms with Crippen molar-refractivity contribution in [2.45, 2.75) is 0 Å². The highest BCUT2D eigenvalue weighted by Gasteiger charge is 2.31. The summed E-state index contributed by atoms with van der Waals surface area (Å²) in [5.41, 5.74) is 12.2. The van der Waals surface area contributed by atoms with Crippen molar-refractivity contribution in [3.8, 4) is 56.3 Å². The van der Waals surface area contributed by atoms with Gasteiger partial charge in [0, 0.05) is 38.8 Å². The van der Waals surface area contributed by atoms with Gasteiger partial charge in [0.05, 0.1) is 5.69 Å². The van der Waals surface area contributed by atoms with Crippen molar-refractivity contribution in [2.75, 3.05) is 4.90 Å². The molecular formula is C49H30N2O. The van der Waals surface area contributed by atoms with Crippen LogP contribution in [0.5, 0.6) is 0 Å². The molecule has 1 aliphatic rings. The monoisotopic (exact) mass is 662 g/mol. The summed E-state index contributed by atoms with van der Waals surface area (Å²) >= 11 is 0. The van der Waals surface area contributed by atoms with Crippen molar-refractivity contribution in [3.63, 3.8) is 0 Å². The van der Waals surface area contributed by atoms with Gasteiger partial charge in [0.25, 0.3) is 0 Å². The molecule has 0 saturated heterocycles. The Morgan fingerprint density at radius 2 is 1.02 bits per heavy atom. The normalized spacial score (nSPS) is 11.8. The molecule has 11 rings (SSSR count). The summed E-state index contributed by atoms with van der Waals surface area (Å²) < 4.78 is 6.69. The topological polar surface area (TPSA) is 29.3 Å². The molecule has 1 heterocycles. The van der Waals surface area contributed by atoms with Gasteiger partial charge in [-0.15, -0.1) is 0 Å². The van der Waals surface area contributed by atoms with Gasteiger partial charge in [0.15, 0.2) is 5.76 Å². The lowest BCUT2D eigenvalue weighted by atomic mass is 9.90. The van der Waals surface area contributed by atoms with Gasteiger partial charge >= 0.3 is 0 Å². The van der Waals surface area contributed by atoms with Crippen LogP contribution >= 0.6 is 0 Å². The first kappa shape index (κ1) is 28.8. The molecule has 0 atom stereocenters. The van der Waals surface area contributed by atoms with Crippen LogP contribution in [0.1, 0.15) is 0 Å². The first-order valence-corrected chi connectivity index (χ1v) is 17.7. The average Bonchev–Trinajstić information content (AvgIpc) is 3.79. The second kappa shape index (κ2) is 11.3. The first-order chi connectivity index (χ1) is 25.8. The van der Waals surface area contributed by atoms with Gasteiger partial charge in [-0.2, -0.15) is 0 Å². The maximum Gasteiger partial charge on any atom is 0.227 e. The molecule has 1 aromatic heterocycles. The summed E-state index contributed by atoms with van der Waals surface area (Å²) in [6, 6.07) is 64.9. The van der Waals surface area contributed by atoms with Gasteiger partial charge in [0.2, 0.25) is 5.89 Å². The Kier molecular flexibility index (Phi) is 6.25. The molecule has 0 fully saturated rings. The SMILES string of the molecule is c1ccc(-c2ccc(N(c3ccccc3)c3ccc4cc5c6c(ccc7ccc3c4c76)-c3nc(-c4cccc(-c6ccccc6)c4)oc3-5)cc2)cc1. The number of hydrogen-bond donors (Lipinski definition) is 0. The molecule has 3 nitrogen and oxygen atoms in total. The molecule has 10 aromatic rings. The Balaban J connectivity index is 1.07. The Bertz CT molecular complexity index is 2930. The lowest BCUT2D eigenvalue weighted by Gasteiger charge is -2.28. The van der Waals surface area contributed by atoms with Crippen LogP contribution in [0.15, 0.2) is 186 Å². The third-order valence-electron chi connectivity index (χ3n) is 10.6. The number of para-hydroxylation sites is 1. The Morgan fingerprint density at radius 3 is 1.79 bits per heavy atom. The van der Waals surface area contributed by atoms with Crippen LogP contribution in [0.3, 0.4) is 0 Å². The zero-order valence-corrected chi connectivity index (χ0v) is 28.1. The van der Waals surface area contributed by atoms with Crippen LogP contribution < -0.4 is 4.90 Å².